The summed E-state index contributed by atoms with van der Waals surface area (Å²) in [5, 5.41) is 10.5. The molecule has 1 amide bonds. The summed E-state index contributed by atoms with van der Waals surface area (Å²) in [6, 6.07) is 2.47. The summed E-state index contributed by atoms with van der Waals surface area (Å²) in [7, 11) is 0. The predicted octanol–water partition coefficient (Wildman–Crippen LogP) is 0.226. The van der Waals surface area contributed by atoms with Crippen molar-refractivity contribution in [2.75, 3.05) is 24.5 Å². The third-order valence-electron chi connectivity index (χ3n) is 3.25. The van der Waals surface area contributed by atoms with Crippen molar-refractivity contribution in [3.63, 3.8) is 0 Å². The molecule has 1 aromatic heterocycles. The minimum atomic E-state index is -0.588. The molecule has 0 bridgehead atoms. The van der Waals surface area contributed by atoms with Gasteiger partial charge >= 0.3 is 5.82 Å². The van der Waals surface area contributed by atoms with Crippen LogP contribution in [0, 0.1) is 10.1 Å². The van der Waals surface area contributed by atoms with Crippen LogP contribution in [0.5, 0.6) is 0 Å². The molecule has 1 saturated heterocycles. The maximum Gasteiger partial charge on any atom is 0.363 e. The first-order valence-corrected chi connectivity index (χ1v) is 6.13. The summed E-state index contributed by atoms with van der Waals surface area (Å²) in [5.41, 5.74) is 0.527. The van der Waals surface area contributed by atoms with Gasteiger partial charge < -0.3 is 19.8 Å². The molecule has 2 heterocycles. The average molecular weight is 278 g/mol. The van der Waals surface area contributed by atoms with Crippen LogP contribution in [0.25, 0.3) is 0 Å². The molecule has 0 spiro atoms. The van der Waals surface area contributed by atoms with E-state index >= 15 is 0 Å². The molecule has 8 nitrogen and oxygen atoms in total. The van der Waals surface area contributed by atoms with Gasteiger partial charge in [-0.1, -0.05) is 0 Å². The van der Waals surface area contributed by atoms with Crippen LogP contribution in [-0.4, -0.2) is 52.7 Å². The van der Waals surface area contributed by atoms with Crippen LogP contribution < -0.4 is 4.90 Å². The minimum absolute atomic E-state index is 0.150. The summed E-state index contributed by atoms with van der Waals surface area (Å²) < 4.78 is 0. The Morgan fingerprint density at radius 1 is 1.45 bits per heavy atom. The van der Waals surface area contributed by atoms with Gasteiger partial charge in [-0.2, -0.15) is 0 Å². The number of aldehydes is 1. The highest BCUT2D eigenvalue weighted by molar-refractivity contribution is 5.95. The Bertz CT molecular complexity index is 531. The predicted molar refractivity (Wildman–Crippen MR) is 70.3 cm³/mol. The van der Waals surface area contributed by atoms with Crippen LogP contribution in [0.15, 0.2) is 18.3 Å². The molecular weight excluding hydrogens is 264 g/mol. The first kappa shape index (κ1) is 14.1. The SMILES string of the molecule is CC(C=O)N1CCN(c2ccc([N+](=O)[O-])nc2)C(=O)C1. The molecule has 20 heavy (non-hydrogen) atoms. The van der Waals surface area contributed by atoms with E-state index in [2.05, 4.69) is 4.98 Å². The average Bonchev–Trinajstić information content (AvgIpc) is 2.46. The molecular formula is C12H14N4O4. The van der Waals surface area contributed by atoms with Crippen molar-refractivity contribution in [3.8, 4) is 0 Å². The first-order chi connectivity index (χ1) is 9.52. The van der Waals surface area contributed by atoms with Gasteiger partial charge in [-0.05, 0) is 22.9 Å². The van der Waals surface area contributed by atoms with Crippen molar-refractivity contribution >= 4 is 23.7 Å². The van der Waals surface area contributed by atoms with E-state index in [-0.39, 0.29) is 24.3 Å². The zero-order valence-corrected chi connectivity index (χ0v) is 10.9. The number of amides is 1. The summed E-state index contributed by atoms with van der Waals surface area (Å²) in [5.74, 6) is -0.407. The van der Waals surface area contributed by atoms with E-state index in [0.29, 0.717) is 18.8 Å². The smallest absolute Gasteiger partial charge is 0.358 e. The fourth-order valence-electron chi connectivity index (χ4n) is 2.04. The van der Waals surface area contributed by atoms with Crippen molar-refractivity contribution in [2.24, 2.45) is 0 Å². The van der Waals surface area contributed by atoms with Crippen molar-refractivity contribution in [3.05, 3.63) is 28.4 Å². The van der Waals surface area contributed by atoms with Gasteiger partial charge in [0.15, 0.2) is 6.20 Å². The molecule has 1 aromatic rings. The van der Waals surface area contributed by atoms with E-state index in [1.165, 1.54) is 23.2 Å². The first-order valence-electron chi connectivity index (χ1n) is 6.13. The molecule has 0 aliphatic carbocycles. The second-order valence-electron chi connectivity index (χ2n) is 4.52. The Labute approximate surface area is 115 Å². The number of hydrogen-bond acceptors (Lipinski definition) is 6. The summed E-state index contributed by atoms with van der Waals surface area (Å²) in [6.07, 6.45) is 2.12. The lowest BCUT2D eigenvalue weighted by Crippen LogP contribution is -2.53. The standard InChI is InChI=1S/C12H14N4O4/c1-9(8-17)14-4-5-15(12(18)7-14)10-2-3-11(13-6-10)16(19)20/h2-3,6,8-9H,4-5,7H2,1H3. The lowest BCUT2D eigenvalue weighted by molar-refractivity contribution is -0.389. The topological polar surface area (TPSA) is 96.7 Å². The van der Waals surface area contributed by atoms with Gasteiger partial charge in [0.2, 0.25) is 5.91 Å². The van der Waals surface area contributed by atoms with Crippen LogP contribution in [-0.2, 0) is 9.59 Å². The maximum absolute atomic E-state index is 12.1. The third kappa shape index (κ3) is 2.80. The minimum Gasteiger partial charge on any atom is -0.358 e. The largest absolute Gasteiger partial charge is 0.363 e. The van der Waals surface area contributed by atoms with Gasteiger partial charge in [0.25, 0.3) is 0 Å². The molecule has 0 radical (unpaired) electrons. The number of nitro groups is 1. The normalized spacial score (nSPS) is 17.9. The Hall–Kier alpha value is -2.35. The number of carbonyl (C=O) groups excluding carboxylic acids is 2. The van der Waals surface area contributed by atoms with E-state index < -0.39 is 4.92 Å². The van der Waals surface area contributed by atoms with E-state index in [1.54, 1.807) is 11.8 Å². The quantitative estimate of drug-likeness (QED) is 0.444. The number of aromatic nitrogens is 1. The lowest BCUT2D eigenvalue weighted by atomic mass is 10.2. The Balaban J connectivity index is 2.09. The molecule has 1 unspecified atom stereocenters. The molecule has 106 valence electrons. The molecule has 1 aliphatic heterocycles. The second-order valence-corrected chi connectivity index (χ2v) is 4.52. The Morgan fingerprint density at radius 3 is 2.70 bits per heavy atom. The molecule has 0 saturated carbocycles. The van der Waals surface area contributed by atoms with E-state index in [0.717, 1.165) is 6.29 Å². The number of anilines is 1. The zero-order valence-electron chi connectivity index (χ0n) is 10.9. The highest BCUT2D eigenvalue weighted by atomic mass is 16.6. The highest BCUT2D eigenvalue weighted by Gasteiger charge is 2.28. The van der Waals surface area contributed by atoms with Gasteiger partial charge in [-0.25, -0.2) is 0 Å². The number of carbonyl (C=O) groups is 2. The fourth-order valence-corrected chi connectivity index (χ4v) is 2.04. The number of hydrogen-bond donors (Lipinski definition) is 0. The number of pyridine rings is 1. The van der Waals surface area contributed by atoms with Gasteiger partial charge in [0, 0.05) is 19.2 Å². The van der Waals surface area contributed by atoms with E-state index in [1.807, 2.05) is 0 Å². The van der Waals surface area contributed by atoms with Gasteiger partial charge in [0.05, 0.1) is 18.3 Å². The monoisotopic (exact) mass is 278 g/mol. The van der Waals surface area contributed by atoms with Gasteiger partial charge in [-0.15, -0.1) is 0 Å². The van der Waals surface area contributed by atoms with Gasteiger partial charge in [-0.3, -0.25) is 9.69 Å². The van der Waals surface area contributed by atoms with E-state index in [4.69, 9.17) is 0 Å². The van der Waals surface area contributed by atoms with Gasteiger partial charge in [0.1, 0.15) is 6.29 Å². The molecule has 1 fully saturated rings. The van der Waals surface area contributed by atoms with Crippen molar-refractivity contribution in [1.29, 1.82) is 0 Å². The molecule has 1 atom stereocenters. The second kappa shape index (κ2) is 5.74. The van der Waals surface area contributed by atoms with Crippen LogP contribution in [0.3, 0.4) is 0 Å². The van der Waals surface area contributed by atoms with Crippen molar-refractivity contribution in [2.45, 2.75) is 13.0 Å². The lowest BCUT2D eigenvalue weighted by Gasteiger charge is -2.35. The molecule has 2 rings (SSSR count). The Morgan fingerprint density at radius 2 is 2.20 bits per heavy atom. The molecule has 8 heteroatoms. The summed E-state index contributed by atoms with van der Waals surface area (Å²) >= 11 is 0. The van der Waals surface area contributed by atoms with Crippen LogP contribution in [0.4, 0.5) is 11.5 Å². The van der Waals surface area contributed by atoms with Crippen LogP contribution >= 0.6 is 0 Å². The number of nitrogens with zero attached hydrogens (tertiary/aromatic N) is 4. The summed E-state index contributed by atoms with van der Waals surface area (Å²) in [4.78, 5) is 39.7. The zero-order chi connectivity index (χ0) is 14.7. The van der Waals surface area contributed by atoms with Crippen molar-refractivity contribution < 1.29 is 14.5 Å². The fraction of sp³-hybridized carbons (Fsp3) is 0.417. The maximum atomic E-state index is 12.1. The third-order valence-corrected chi connectivity index (χ3v) is 3.25. The Kier molecular flexibility index (Phi) is 4.04. The van der Waals surface area contributed by atoms with E-state index in [9.17, 15) is 19.7 Å². The van der Waals surface area contributed by atoms with Crippen LogP contribution in [0.2, 0.25) is 0 Å². The van der Waals surface area contributed by atoms with Crippen molar-refractivity contribution in [1.82, 2.24) is 9.88 Å². The molecule has 1 aliphatic rings. The molecule has 0 N–H and O–H groups in total. The number of piperazine rings is 1. The number of rotatable bonds is 4. The summed E-state index contributed by atoms with van der Waals surface area (Å²) in [6.45, 7) is 2.89. The highest BCUT2D eigenvalue weighted by Crippen LogP contribution is 2.19. The van der Waals surface area contributed by atoms with Crippen LogP contribution in [0.1, 0.15) is 6.92 Å². The molecule has 0 aromatic carbocycles.